The van der Waals surface area contributed by atoms with Crippen LogP contribution in [0.1, 0.15) is 16.6 Å². The van der Waals surface area contributed by atoms with Gasteiger partial charge in [-0.15, -0.1) is 11.3 Å². The molecule has 94 valence electrons. The number of nitrogens with zero attached hydrogens (tertiary/aromatic N) is 1. The van der Waals surface area contributed by atoms with Gasteiger partial charge in [-0.1, -0.05) is 18.2 Å². The normalized spacial score (nSPS) is 20.8. The molecule has 18 heavy (non-hydrogen) atoms. The van der Waals surface area contributed by atoms with Gasteiger partial charge in [-0.25, -0.2) is 13.4 Å². The molecule has 0 aliphatic carbocycles. The molecule has 1 aromatic heterocycles. The Balaban J connectivity index is 1.83. The van der Waals surface area contributed by atoms with Crippen LogP contribution in [0.3, 0.4) is 0 Å². The Hall–Kier alpha value is -1.24. The Morgan fingerprint density at radius 3 is 3.00 bits per heavy atom. The van der Waals surface area contributed by atoms with Gasteiger partial charge in [-0.2, -0.15) is 0 Å². The van der Waals surface area contributed by atoms with Crippen LogP contribution in [0, 0.1) is 0 Å². The molecule has 1 unspecified atom stereocenters. The van der Waals surface area contributed by atoms with Crippen molar-refractivity contribution in [3.8, 4) is 0 Å². The van der Waals surface area contributed by atoms with Gasteiger partial charge in [0.2, 0.25) is 0 Å². The van der Waals surface area contributed by atoms with Crippen molar-refractivity contribution in [1.29, 1.82) is 0 Å². The molecule has 0 spiro atoms. The highest BCUT2D eigenvalue weighted by molar-refractivity contribution is 7.91. The van der Waals surface area contributed by atoms with Gasteiger partial charge < -0.3 is 5.32 Å². The Labute approximate surface area is 110 Å². The van der Waals surface area contributed by atoms with Crippen LogP contribution in [-0.2, 0) is 16.4 Å². The average molecular weight is 280 g/mol. The second-order valence-electron chi connectivity index (χ2n) is 4.18. The van der Waals surface area contributed by atoms with Gasteiger partial charge in [0.05, 0.1) is 10.6 Å². The quantitative estimate of drug-likeness (QED) is 0.930. The Morgan fingerprint density at radius 1 is 1.39 bits per heavy atom. The summed E-state index contributed by atoms with van der Waals surface area (Å²) in [4.78, 5) is 4.64. The molecular weight excluding hydrogens is 268 g/mol. The van der Waals surface area contributed by atoms with E-state index in [1.165, 1.54) is 0 Å². The second-order valence-corrected chi connectivity index (χ2v) is 7.16. The molecule has 2 aromatic rings. The van der Waals surface area contributed by atoms with Crippen LogP contribution in [0.25, 0.3) is 0 Å². The average Bonchev–Trinajstić information content (AvgIpc) is 2.95. The third-order valence-electron chi connectivity index (χ3n) is 3.00. The lowest BCUT2D eigenvalue weighted by atomic mass is 10.1. The smallest absolute Gasteiger partial charge is 0.180 e. The fourth-order valence-electron chi connectivity index (χ4n) is 2.17. The van der Waals surface area contributed by atoms with Crippen molar-refractivity contribution in [2.24, 2.45) is 0 Å². The van der Waals surface area contributed by atoms with E-state index >= 15 is 0 Å². The maximum absolute atomic E-state index is 12.0. The minimum Gasteiger partial charge on any atom is -0.303 e. The number of hydrogen-bond acceptors (Lipinski definition) is 5. The molecule has 1 aromatic carbocycles. The molecular formula is C12H12N2O2S2. The highest BCUT2D eigenvalue weighted by Gasteiger charge is 2.33. The Kier molecular flexibility index (Phi) is 2.93. The zero-order valence-electron chi connectivity index (χ0n) is 9.54. The lowest BCUT2D eigenvalue weighted by Crippen LogP contribution is -2.22. The highest BCUT2D eigenvalue weighted by atomic mass is 32.2. The van der Waals surface area contributed by atoms with Crippen LogP contribution in [-0.4, -0.2) is 19.2 Å². The number of sulfone groups is 1. The first-order valence-electron chi connectivity index (χ1n) is 5.60. The van der Waals surface area contributed by atoms with Crippen molar-refractivity contribution in [1.82, 2.24) is 10.3 Å². The van der Waals surface area contributed by atoms with E-state index in [-0.39, 0.29) is 11.8 Å². The van der Waals surface area contributed by atoms with Crippen LogP contribution in [0.4, 0.5) is 0 Å². The summed E-state index contributed by atoms with van der Waals surface area (Å²) in [5, 5.41) is 6.15. The summed E-state index contributed by atoms with van der Waals surface area (Å²) in [7, 11) is -3.13. The Morgan fingerprint density at radius 2 is 2.22 bits per heavy atom. The number of thiazole rings is 1. The van der Waals surface area contributed by atoms with E-state index < -0.39 is 9.84 Å². The molecule has 4 nitrogen and oxygen atoms in total. The molecule has 3 rings (SSSR count). The molecule has 0 amide bonds. The topological polar surface area (TPSA) is 59.1 Å². The van der Waals surface area contributed by atoms with E-state index in [1.54, 1.807) is 29.7 Å². The molecule has 6 heteroatoms. The van der Waals surface area contributed by atoms with Gasteiger partial charge in [-0.05, 0) is 11.6 Å². The lowest BCUT2D eigenvalue weighted by molar-refractivity contribution is 0.565. The van der Waals surface area contributed by atoms with Crippen LogP contribution in [0.5, 0.6) is 0 Å². The largest absolute Gasteiger partial charge is 0.303 e. The van der Waals surface area contributed by atoms with E-state index in [0.717, 1.165) is 10.6 Å². The van der Waals surface area contributed by atoms with Crippen molar-refractivity contribution in [2.75, 3.05) is 5.75 Å². The first-order valence-corrected chi connectivity index (χ1v) is 8.13. The summed E-state index contributed by atoms with van der Waals surface area (Å²) in [6.07, 6.45) is 1.75. The molecule has 1 N–H and O–H groups in total. The summed E-state index contributed by atoms with van der Waals surface area (Å²) in [5.74, 6) is 0.137. The molecule has 1 atom stereocenters. The predicted octanol–water partition coefficient (Wildman–Crippen LogP) is 1.76. The third-order valence-corrected chi connectivity index (χ3v) is 5.59. The molecule has 0 fully saturated rings. The second kappa shape index (κ2) is 4.46. The first kappa shape index (κ1) is 11.8. The van der Waals surface area contributed by atoms with E-state index in [0.29, 0.717) is 11.4 Å². The summed E-state index contributed by atoms with van der Waals surface area (Å²) in [6, 6.07) is 7.06. The van der Waals surface area contributed by atoms with Gasteiger partial charge >= 0.3 is 0 Å². The van der Waals surface area contributed by atoms with E-state index in [2.05, 4.69) is 10.3 Å². The molecule has 0 saturated heterocycles. The van der Waals surface area contributed by atoms with Crippen LogP contribution in [0.2, 0.25) is 0 Å². The maximum atomic E-state index is 12.0. The van der Waals surface area contributed by atoms with Gasteiger partial charge in [0.1, 0.15) is 5.01 Å². The van der Waals surface area contributed by atoms with Crippen LogP contribution >= 0.6 is 11.3 Å². The summed E-state index contributed by atoms with van der Waals surface area (Å²) >= 11 is 1.56. The van der Waals surface area contributed by atoms with E-state index in [1.807, 2.05) is 17.5 Å². The van der Waals surface area contributed by atoms with Gasteiger partial charge in [0, 0.05) is 24.2 Å². The zero-order chi connectivity index (χ0) is 12.6. The van der Waals surface area contributed by atoms with Crippen molar-refractivity contribution < 1.29 is 8.42 Å². The van der Waals surface area contributed by atoms with Crippen molar-refractivity contribution in [3.05, 3.63) is 46.4 Å². The highest BCUT2D eigenvalue weighted by Crippen LogP contribution is 2.33. The van der Waals surface area contributed by atoms with Crippen LogP contribution < -0.4 is 5.32 Å². The molecule has 0 bridgehead atoms. The fraction of sp³-hybridized carbons (Fsp3) is 0.250. The number of benzene rings is 1. The lowest BCUT2D eigenvalue weighted by Gasteiger charge is -2.10. The zero-order valence-corrected chi connectivity index (χ0v) is 11.2. The maximum Gasteiger partial charge on any atom is 0.180 e. The standard InChI is InChI=1S/C12H12N2O2S2/c15-18(16)8-10(9-3-1-2-4-11(9)18)14-7-12-13-5-6-17-12/h1-6,10,14H,7-8H2. The predicted molar refractivity (Wildman–Crippen MR) is 70.2 cm³/mol. The number of hydrogen-bond donors (Lipinski definition) is 1. The van der Waals surface area contributed by atoms with Crippen LogP contribution in [0.15, 0.2) is 40.7 Å². The minimum absolute atomic E-state index is 0.130. The molecule has 0 saturated carbocycles. The summed E-state index contributed by atoms with van der Waals surface area (Å²) in [5.41, 5.74) is 0.869. The SMILES string of the molecule is O=S1(=O)CC(NCc2nccs2)c2ccccc21. The van der Waals surface area contributed by atoms with Crippen molar-refractivity contribution in [2.45, 2.75) is 17.5 Å². The molecule has 1 aliphatic rings. The van der Waals surface area contributed by atoms with Gasteiger partial charge in [0.25, 0.3) is 0 Å². The number of aromatic nitrogens is 1. The Bertz CT molecular complexity index is 650. The molecule has 0 radical (unpaired) electrons. The van der Waals surface area contributed by atoms with E-state index in [4.69, 9.17) is 0 Å². The fourth-order valence-corrected chi connectivity index (χ4v) is 4.51. The third kappa shape index (κ3) is 2.07. The van der Waals surface area contributed by atoms with Crippen molar-refractivity contribution >= 4 is 21.2 Å². The number of rotatable bonds is 3. The summed E-state index contributed by atoms with van der Waals surface area (Å²) in [6.45, 7) is 0.603. The van der Waals surface area contributed by atoms with Gasteiger partial charge in [-0.3, -0.25) is 0 Å². The van der Waals surface area contributed by atoms with Gasteiger partial charge in [0.15, 0.2) is 9.84 Å². The monoisotopic (exact) mass is 280 g/mol. The van der Waals surface area contributed by atoms with Crippen molar-refractivity contribution in [3.63, 3.8) is 0 Å². The first-order chi connectivity index (χ1) is 8.67. The molecule has 1 aliphatic heterocycles. The number of fused-ring (bicyclic) bond motifs is 1. The summed E-state index contributed by atoms with van der Waals surface area (Å²) < 4.78 is 23.9. The number of nitrogens with one attached hydrogen (secondary N) is 1. The molecule has 2 heterocycles. The minimum atomic E-state index is -3.13. The van der Waals surface area contributed by atoms with E-state index in [9.17, 15) is 8.42 Å².